The van der Waals surface area contributed by atoms with Crippen LogP contribution in [-0.4, -0.2) is 80.6 Å². The summed E-state index contributed by atoms with van der Waals surface area (Å²) in [5.41, 5.74) is 1.97. The average Bonchev–Trinajstić information content (AvgIpc) is 3.28. The molecule has 1 atom stereocenters. The molecule has 0 saturated carbocycles. The Hall–Kier alpha value is -3.07. The van der Waals surface area contributed by atoms with E-state index in [1.807, 2.05) is 48.2 Å². The lowest BCUT2D eigenvalue weighted by Crippen LogP contribution is -2.54. The quantitative estimate of drug-likeness (QED) is 0.608. The second kappa shape index (κ2) is 10.7. The van der Waals surface area contributed by atoms with E-state index in [-0.39, 0.29) is 17.7 Å². The van der Waals surface area contributed by atoms with Crippen molar-refractivity contribution in [1.82, 2.24) is 20.5 Å². The number of aromatic amines is 1. The molecule has 3 N–H and O–H groups in total. The highest BCUT2D eigenvalue weighted by Gasteiger charge is 2.42. The van der Waals surface area contributed by atoms with Crippen LogP contribution in [0.2, 0.25) is 0 Å². The van der Waals surface area contributed by atoms with Gasteiger partial charge < -0.3 is 30.2 Å². The van der Waals surface area contributed by atoms with Crippen LogP contribution in [0.25, 0.3) is 10.9 Å². The summed E-state index contributed by atoms with van der Waals surface area (Å²) >= 11 is 0. The molecule has 2 aromatic rings. The van der Waals surface area contributed by atoms with E-state index >= 15 is 0 Å². The first-order valence-corrected chi connectivity index (χ1v) is 12.5. The Labute approximate surface area is 206 Å². The van der Waals surface area contributed by atoms with Gasteiger partial charge >= 0.3 is 0 Å². The van der Waals surface area contributed by atoms with Crippen molar-refractivity contribution in [3.05, 3.63) is 30.0 Å². The minimum atomic E-state index is -0.613. The molecule has 35 heavy (non-hydrogen) atoms. The standard InChI is InChI=1S/C26H37N5O4/c1-18-23(32)27-11-15-35-14-5-4-8-26(25(34)28-18)9-12-31(13-10-26)24(33)22-16-19-6-7-20(30(2)3)17-21(19)29-22/h6-7,16-18,29H,4-5,8-15H2,1-3H3,(H,27,32)(H,28,34)/t18-/m0/s1. The number of benzene rings is 1. The number of carbonyl (C=O) groups excluding carboxylic acids is 3. The van der Waals surface area contributed by atoms with Crippen molar-refractivity contribution >= 4 is 34.3 Å². The molecule has 1 aromatic heterocycles. The van der Waals surface area contributed by atoms with Gasteiger partial charge in [0.05, 0.1) is 12.0 Å². The lowest BCUT2D eigenvalue weighted by molar-refractivity contribution is -0.137. The Morgan fingerprint density at radius 2 is 1.86 bits per heavy atom. The molecule has 4 rings (SSSR count). The number of ether oxygens (including phenoxy) is 1. The van der Waals surface area contributed by atoms with Crippen molar-refractivity contribution in [2.24, 2.45) is 5.41 Å². The molecular formula is C26H37N5O4. The summed E-state index contributed by atoms with van der Waals surface area (Å²) in [5.74, 6) is -0.344. The van der Waals surface area contributed by atoms with Gasteiger partial charge in [0, 0.05) is 56.9 Å². The summed E-state index contributed by atoms with van der Waals surface area (Å²) in [5, 5.41) is 6.73. The summed E-state index contributed by atoms with van der Waals surface area (Å²) in [4.78, 5) is 46.1. The first-order valence-electron chi connectivity index (χ1n) is 12.5. The number of nitrogens with zero attached hydrogens (tertiary/aromatic N) is 2. The molecule has 0 aliphatic carbocycles. The highest BCUT2D eigenvalue weighted by atomic mass is 16.5. The van der Waals surface area contributed by atoms with Crippen molar-refractivity contribution in [1.29, 1.82) is 0 Å². The zero-order valence-electron chi connectivity index (χ0n) is 21.0. The number of carbonyl (C=O) groups is 3. The van der Waals surface area contributed by atoms with Gasteiger partial charge in [0.1, 0.15) is 11.7 Å². The third kappa shape index (κ3) is 5.61. The van der Waals surface area contributed by atoms with E-state index in [1.165, 1.54) is 0 Å². The van der Waals surface area contributed by atoms with Crippen LogP contribution >= 0.6 is 0 Å². The summed E-state index contributed by atoms with van der Waals surface area (Å²) in [6, 6.07) is 7.37. The van der Waals surface area contributed by atoms with Gasteiger partial charge in [-0.3, -0.25) is 14.4 Å². The van der Waals surface area contributed by atoms with Crippen molar-refractivity contribution in [2.75, 3.05) is 51.8 Å². The van der Waals surface area contributed by atoms with E-state index in [4.69, 9.17) is 4.74 Å². The summed E-state index contributed by atoms with van der Waals surface area (Å²) in [7, 11) is 3.97. The maximum absolute atomic E-state index is 13.4. The minimum absolute atomic E-state index is 0.0475. The lowest BCUT2D eigenvalue weighted by atomic mass is 9.73. The molecule has 9 nitrogen and oxygen atoms in total. The summed E-state index contributed by atoms with van der Waals surface area (Å²) < 4.78 is 5.60. The highest BCUT2D eigenvalue weighted by Crippen LogP contribution is 2.38. The normalized spacial score (nSPS) is 22.0. The third-order valence-electron chi connectivity index (χ3n) is 7.32. The first-order chi connectivity index (χ1) is 16.8. The van der Waals surface area contributed by atoms with Gasteiger partial charge in [-0.2, -0.15) is 0 Å². The number of fused-ring (bicyclic) bond motifs is 1. The molecule has 1 aromatic carbocycles. The van der Waals surface area contributed by atoms with Crippen molar-refractivity contribution < 1.29 is 19.1 Å². The first kappa shape index (κ1) is 25.0. The molecule has 3 heterocycles. The minimum Gasteiger partial charge on any atom is -0.380 e. The van der Waals surface area contributed by atoms with Crippen molar-refractivity contribution in [3.8, 4) is 0 Å². The van der Waals surface area contributed by atoms with Crippen LogP contribution in [0, 0.1) is 5.41 Å². The average molecular weight is 484 g/mol. The van der Waals surface area contributed by atoms with E-state index in [9.17, 15) is 14.4 Å². The van der Waals surface area contributed by atoms with Gasteiger partial charge in [0.25, 0.3) is 5.91 Å². The Balaban J connectivity index is 1.46. The Morgan fingerprint density at radius 1 is 1.09 bits per heavy atom. The van der Waals surface area contributed by atoms with Gasteiger partial charge in [-0.1, -0.05) is 12.5 Å². The fourth-order valence-corrected chi connectivity index (χ4v) is 4.99. The molecule has 190 valence electrons. The predicted octanol–water partition coefficient (Wildman–Crippen LogP) is 2.28. The van der Waals surface area contributed by atoms with Crippen LogP contribution in [0.4, 0.5) is 5.69 Å². The molecule has 2 aliphatic rings. The van der Waals surface area contributed by atoms with Crippen molar-refractivity contribution in [2.45, 2.75) is 45.1 Å². The number of aromatic nitrogens is 1. The largest absolute Gasteiger partial charge is 0.380 e. The van der Waals surface area contributed by atoms with E-state index < -0.39 is 11.5 Å². The molecule has 2 fully saturated rings. The van der Waals surface area contributed by atoms with Crippen LogP contribution < -0.4 is 15.5 Å². The molecular weight excluding hydrogens is 446 g/mol. The van der Waals surface area contributed by atoms with Crippen LogP contribution in [0.5, 0.6) is 0 Å². The van der Waals surface area contributed by atoms with E-state index in [1.54, 1.807) is 6.92 Å². The Morgan fingerprint density at radius 3 is 2.60 bits per heavy atom. The maximum atomic E-state index is 13.4. The monoisotopic (exact) mass is 483 g/mol. The van der Waals surface area contributed by atoms with Gasteiger partial charge in [-0.15, -0.1) is 0 Å². The number of rotatable bonds is 2. The maximum Gasteiger partial charge on any atom is 0.270 e. The van der Waals surface area contributed by atoms with Gasteiger partial charge in [-0.25, -0.2) is 0 Å². The fourth-order valence-electron chi connectivity index (χ4n) is 4.99. The molecule has 0 radical (unpaired) electrons. The third-order valence-corrected chi connectivity index (χ3v) is 7.32. The zero-order valence-corrected chi connectivity index (χ0v) is 21.0. The molecule has 3 amide bonds. The number of amides is 3. The van der Waals surface area contributed by atoms with E-state index in [0.29, 0.717) is 51.4 Å². The number of H-pyrrole nitrogens is 1. The number of hydrogen-bond acceptors (Lipinski definition) is 5. The number of anilines is 1. The molecule has 9 heteroatoms. The lowest BCUT2D eigenvalue weighted by Gasteiger charge is -2.41. The van der Waals surface area contributed by atoms with Crippen LogP contribution in [0.15, 0.2) is 24.3 Å². The molecule has 2 saturated heterocycles. The van der Waals surface area contributed by atoms with Gasteiger partial charge in [0.15, 0.2) is 0 Å². The molecule has 2 aliphatic heterocycles. The predicted molar refractivity (Wildman–Crippen MR) is 135 cm³/mol. The number of likely N-dealkylation sites (tertiary alicyclic amines) is 1. The molecule has 0 bridgehead atoms. The summed E-state index contributed by atoms with van der Waals surface area (Å²) in [6.07, 6.45) is 3.60. The smallest absolute Gasteiger partial charge is 0.270 e. The zero-order chi connectivity index (χ0) is 25.0. The topological polar surface area (TPSA) is 107 Å². The Bertz CT molecular complexity index is 1070. The van der Waals surface area contributed by atoms with Crippen LogP contribution in [0.1, 0.15) is 49.5 Å². The molecule has 1 spiro atoms. The highest BCUT2D eigenvalue weighted by molar-refractivity contribution is 5.99. The second-order valence-electron chi connectivity index (χ2n) is 9.98. The van der Waals surface area contributed by atoms with E-state index in [2.05, 4.69) is 15.6 Å². The summed E-state index contributed by atoms with van der Waals surface area (Å²) in [6.45, 7) is 4.23. The van der Waals surface area contributed by atoms with Crippen LogP contribution in [0.3, 0.4) is 0 Å². The van der Waals surface area contributed by atoms with Crippen molar-refractivity contribution in [3.63, 3.8) is 0 Å². The number of hydrogen-bond donors (Lipinski definition) is 3. The Kier molecular flexibility index (Phi) is 7.64. The fraction of sp³-hybridized carbons (Fsp3) is 0.577. The number of piperidine rings is 1. The second-order valence-corrected chi connectivity index (χ2v) is 9.98. The van der Waals surface area contributed by atoms with Crippen LogP contribution in [-0.2, 0) is 14.3 Å². The molecule has 0 unspecified atom stereocenters. The number of nitrogens with one attached hydrogen (secondary N) is 3. The van der Waals surface area contributed by atoms with Gasteiger partial charge in [0.2, 0.25) is 11.8 Å². The van der Waals surface area contributed by atoms with E-state index in [0.717, 1.165) is 35.9 Å². The van der Waals surface area contributed by atoms with Gasteiger partial charge in [-0.05, 0) is 50.8 Å². The SMILES string of the molecule is C[C@@H]1NC(=O)C2(CCCCOCCNC1=O)CCN(C(=O)c1cc3ccc(N(C)C)cc3[nH]1)CC2.